The fourth-order valence-corrected chi connectivity index (χ4v) is 2.82. The number of nitrogens with one attached hydrogen (secondary N) is 1. The predicted molar refractivity (Wildman–Crippen MR) is 81.4 cm³/mol. The Kier molecular flexibility index (Phi) is 5.20. The van der Waals surface area contributed by atoms with Gasteiger partial charge in [0.25, 0.3) is 0 Å². The van der Waals surface area contributed by atoms with Gasteiger partial charge in [-0.2, -0.15) is 0 Å². The minimum absolute atomic E-state index is 0.670. The first-order chi connectivity index (χ1) is 9.20. The highest BCUT2D eigenvalue weighted by molar-refractivity contribution is 5.39. The fourth-order valence-electron chi connectivity index (χ4n) is 2.82. The van der Waals surface area contributed by atoms with Crippen LogP contribution in [0.5, 0.6) is 0 Å². The Labute approximate surface area is 117 Å². The van der Waals surface area contributed by atoms with E-state index in [1.165, 1.54) is 31.2 Å². The summed E-state index contributed by atoms with van der Waals surface area (Å²) in [7, 11) is 2.19. The van der Waals surface area contributed by atoms with Crippen LogP contribution < -0.4 is 10.2 Å². The zero-order valence-corrected chi connectivity index (χ0v) is 12.5. The Morgan fingerprint density at radius 3 is 2.58 bits per heavy atom. The summed E-state index contributed by atoms with van der Waals surface area (Å²) in [6.07, 6.45) is 7.32. The van der Waals surface area contributed by atoms with Gasteiger partial charge in [0.2, 0.25) is 0 Å². The third-order valence-corrected chi connectivity index (χ3v) is 4.28. The van der Waals surface area contributed by atoms with Crippen molar-refractivity contribution in [2.24, 2.45) is 5.92 Å². The number of hydrogen-bond acceptors (Lipinski definition) is 3. The van der Waals surface area contributed by atoms with E-state index >= 15 is 0 Å². The molecule has 0 radical (unpaired) electrons. The van der Waals surface area contributed by atoms with Gasteiger partial charge in [-0.05, 0) is 49.8 Å². The molecule has 106 valence electrons. The summed E-state index contributed by atoms with van der Waals surface area (Å²) in [6, 6.07) is 5.01. The van der Waals surface area contributed by atoms with Crippen molar-refractivity contribution in [3.63, 3.8) is 0 Å². The lowest BCUT2D eigenvalue weighted by Crippen LogP contribution is -2.35. The van der Waals surface area contributed by atoms with E-state index in [0.717, 1.165) is 24.8 Å². The van der Waals surface area contributed by atoms with E-state index in [4.69, 9.17) is 0 Å². The highest BCUT2D eigenvalue weighted by Crippen LogP contribution is 2.28. The molecule has 0 atom stereocenters. The second kappa shape index (κ2) is 6.90. The maximum absolute atomic E-state index is 4.61. The molecule has 0 saturated heterocycles. The molecular weight excluding hydrogens is 234 g/mol. The monoisotopic (exact) mass is 261 g/mol. The van der Waals surface area contributed by atoms with Gasteiger partial charge in [-0.15, -0.1) is 0 Å². The summed E-state index contributed by atoms with van der Waals surface area (Å²) in [6.45, 7) is 6.40. The molecule has 3 heteroatoms. The van der Waals surface area contributed by atoms with Crippen LogP contribution in [0.4, 0.5) is 5.82 Å². The third-order valence-electron chi connectivity index (χ3n) is 4.28. The summed E-state index contributed by atoms with van der Waals surface area (Å²) in [5.74, 6) is 2.01. The number of pyridine rings is 1. The first kappa shape index (κ1) is 14.3. The van der Waals surface area contributed by atoms with Crippen molar-refractivity contribution in [3.05, 3.63) is 23.9 Å². The number of hydrogen-bond donors (Lipinski definition) is 1. The van der Waals surface area contributed by atoms with Crippen LogP contribution in [0, 0.1) is 5.92 Å². The normalized spacial score (nSPS) is 23.3. The van der Waals surface area contributed by atoms with E-state index < -0.39 is 0 Å². The maximum atomic E-state index is 4.61. The van der Waals surface area contributed by atoms with E-state index in [9.17, 15) is 0 Å². The molecule has 0 unspecified atom stereocenters. The molecule has 1 aromatic heterocycles. The van der Waals surface area contributed by atoms with Crippen LogP contribution in [0.3, 0.4) is 0 Å². The predicted octanol–water partition coefficient (Wildman–Crippen LogP) is 3.21. The average Bonchev–Trinajstić information content (AvgIpc) is 2.46. The van der Waals surface area contributed by atoms with Crippen LogP contribution in [0.2, 0.25) is 0 Å². The van der Waals surface area contributed by atoms with Crippen LogP contribution in [0.1, 0.15) is 45.1 Å². The molecule has 1 N–H and O–H groups in total. The lowest BCUT2D eigenvalue weighted by Gasteiger charge is -2.34. The van der Waals surface area contributed by atoms with Crippen molar-refractivity contribution >= 4 is 5.82 Å². The van der Waals surface area contributed by atoms with Crippen LogP contribution in [0.25, 0.3) is 0 Å². The maximum Gasteiger partial charge on any atom is 0.128 e. The molecule has 3 nitrogen and oxygen atoms in total. The molecule has 1 aliphatic carbocycles. The van der Waals surface area contributed by atoms with E-state index in [2.05, 4.69) is 48.2 Å². The van der Waals surface area contributed by atoms with Crippen molar-refractivity contribution in [1.82, 2.24) is 10.3 Å². The summed E-state index contributed by atoms with van der Waals surface area (Å²) < 4.78 is 0. The summed E-state index contributed by atoms with van der Waals surface area (Å²) >= 11 is 0. The van der Waals surface area contributed by atoms with E-state index in [1.54, 1.807) is 0 Å². The van der Waals surface area contributed by atoms with Crippen LogP contribution in [0.15, 0.2) is 18.3 Å². The molecule has 0 aliphatic heterocycles. The van der Waals surface area contributed by atoms with Crippen LogP contribution in [-0.4, -0.2) is 24.6 Å². The molecule has 1 saturated carbocycles. The molecule has 0 bridgehead atoms. The molecule has 1 aliphatic rings. The second-order valence-electron chi connectivity index (χ2n) is 5.83. The van der Waals surface area contributed by atoms with Gasteiger partial charge in [0.05, 0.1) is 0 Å². The van der Waals surface area contributed by atoms with Gasteiger partial charge >= 0.3 is 0 Å². The van der Waals surface area contributed by atoms with Gasteiger partial charge in [-0.3, -0.25) is 0 Å². The van der Waals surface area contributed by atoms with Gasteiger partial charge in [0.15, 0.2) is 0 Å². The zero-order chi connectivity index (χ0) is 13.7. The molecule has 1 heterocycles. The van der Waals surface area contributed by atoms with Crippen LogP contribution >= 0.6 is 0 Å². The van der Waals surface area contributed by atoms with E-state index in [1.807, 2.05) is 6.20 Å². The number of rotatable bonds is 5. The largest absolute Gasteiger partial charge is 0.357 e. The quantitative estimate of drug-likeness (QED) is 0.882. The third kappa shape index (κ3) is 3.93. The highest BCUT2D eigenvalue weighted by atomic mass is 15.2. The van der Waals surface area contributed by atoms with Crippen molar-refractivity contribution in [3.8, 4) is 0 Å². The SMILES string of the molecule is CCNCc1ccc(N(C)C2CCC(C)CC2)nc1. The molecule has 0 amide bonds. The standard InChI is InChI=1S/C16H27N3/c1-4-17-11-14-7-10-16(18-12-14)19(3)15-8-5-13(2)6-9-15/h7,10,12-13,15,17H,4-6,8-9,11H2,1-3H3. The van der Waals surface area contributed by atoms with Gasteiger partial charge in [-0.25, -0.2) is 4.98 Å². The lowest BCUT2D eigenvalue weighted by atomic mass is 9.87. The molecule has 0 aromatic carbocycles. The minimum Gasteiger partial charge on any atom is -0.357 e. The second-order valence-corrected chi connectivity index (χ2v) is 5.83. The van der Waals surface area contributed by atoms with E-state index in [0.29, 0.717) is 6.04 Å². The Morgan fingerprint density at radius 1 is 1.26 bits per heavy atom. The van der Waals surface area contributed by atoms with Crippen molar-refractivity contribution in [2.45, 2.75) is 52.1 Å². The smallest absolute Gasteiger partial charge is 0.128 e. The number of anilines is 1. The van der Waals surface area contributed by atoms with Gasteiger partial charge in [0.1, 0.15) is 5.82 Å². The molecule has 1 aromatic rings. The Morgan fingerprint density at radius 2 is 2.00 bits per heavy atom. The van der Waals surface area contributed by atoms with Gasteiger partial charge in [0, 0.05) is 25.8 Å². The zero-order valence-electron chi connectivity index (χ0n) is 12.5. The first-order valence-corrected chi connectivity index (χ1v) is 7.59. The van der Waals surface area contributed by atoms with Crippen molar-refractivity contribution in [1.29, 1.82) is 0 Å². The Hall–Kier alpha value is -1.09. The lowest BCUT2D eigenvalue weighted by molar-refractivity contribution is 0.340. The summed E-state index contributed by atoms with van der Waals surface area (Å²) in [5, 5.41) is 3.33. The Balaban J connectivity index is 1.93. The fraction of sp³-hybridized carbons (Fsp3) is 0.688. The van der Waals surface area contributed by atoms with Gasteiger partial charge < -0.3 is 10.2 Å². The molecular formula is C16H27N3. The van der Waals surface area contributed by atoms with Crippen molar-refractivity contribution in [2.75, 3.05) is 18.5 Å². The van der Waals surface area contributed by atoms with Crippen LogP contribution in [-0.2, 0) is 6.54 Å². The number of nitrogens with zero attached hydrogens (tertiary/aromatic N) is 2. The number of aromatic nitrogens is 1. The highest BCUT2D eigenvalue weighted by Gasteiger charge is 2.22. The molecule has 1 fully saturated rings. The minimum atomic E-state index is 0.670. The molecule has 2 rings (SSSR count). The Bertz CT molecular complexity index is 366. The van der Waals surface area contributed by atoms with E-state index in [-0.39, 0.29) is 0 Å². The average molecular weight is 261 g/mol. The summed E-state index contributed by atoms with van der Waals surface area (Å²) in [4.78, 5) is 6.98. The molecule has 19 heavy (non-hydrogen) atoms. The van der Waals surface area contributed by atoms with Gasteiger partial charge in [-0.1, -0.05) is 19.9 Å². The molecule has 0 spiro atoms. The van der Waals surface area contributed by atoms with Crippen molar-refractivity contribution < 1.29 is 0 Å². The summed E-state index contributed by atoms with van der Waals surface area (Å²) in [5.41, 5.74) is 1.26. The first-order valence-electron chi connectivity index (χ1n) is 7.59. The topological polar surface area (TPSA) is 28.2 Å².